The molecule has 1 N–H and O–H groups in total. The van der Waals surface area contributed by atoms with E-state index in [0.29, 0.717) is 34.9 Å². The van der Waals surface area contributed by atoms with Crippen molar-refractivity contribution in [1.82, 2.24) is 19.6 Å². The molecule has 0 unspecified atom stereocenters. The van der Waals surface area contributed by atoms with E-state index in [2.05, 4.69) is 20.4 Å². The van der Waals surface area contributed by atoms with Crippen LogP contribution in [0.15, 0.2) is 60.8 Å². The summed E-state index contributed by atoms with van der Waals surface area (Å²) in [5, 5.41) is 7.47. The Morgan fingerprint density at radius 1 is 1.11 bits per heavy atom. The second-order valence-electron chi connectivity index (χ2n) is 6.19. The number of amides is 1. The number of carbonyl (C=O) groups is 1. The Morgan fingerprint density at radius 3 is 2.75 bits per heavy atom. The zero-order valence-corrected chi connectivity index (χ0v) is 15.6. The highest BCUT2D eigenvalue weighted by atomic mass is 16.5. The molecule has 4 rings (SSSR count). The molecule has 7 nitrogen and oxygen atoms in total. The van der Waals surface area contributed by atoms with Crippen molar-refractivity contribution in [1.29, 1.82) is 0 Å². The van der Waals surface area contributed by atoms with Gasteiger partial charge in [0.2, 0.25) is 0 Å². The van der Waals surface area contributed by atoms with Crippen LogP contribution < -0.4 is 10.1 Å². The molecule has 4 aromatic rings. The topological polar surface area (TPSA) is 81.4 Å². The largest absolute Gasteiger partial charge is 0.497 e. The molecule has 0 saturated carbocycles. The van der Waals surface area contributed by atoms with Crippen LogP contribution in [0.3, 0.4) is 0 Å². The molecule has 0 aliphatic heterocycles. The van der Waals surface area contributed by atoms with Gasteiger partial charge >= 0.3 is 0 Å². The third kappa shape index (κ3) is 3.42. The van der Waals surface area contributed by atoms with Crippen molar-refractivity contribution in [2.24, 2.45) is 0 Å². The van der Waals surface area contributed by atoms with Crippen LogP contribution in [0.5, 0.6) is 5.75 Å². The van der Waals surface area contributed by atoms with Crippen LogP contribution >= 0.6 is 0 Å². The fourth-order valence-electron chi connectivity index (χ4n) is 2.94. The molecule has 28 heavy (non-hydrogen) atoms. The Bertz CT molecular complexity index is 1140. The molecule has 140 valence electrons. The van der Waals surface area contributed by atoms with Crippen molar-refractivity contribution in [2.75, 3.05) is 12.4 Å². The number of fused-ring (bicyclic) bond motifs is 1. The Balaban J connectivity index is 1.70. The number of pyridine rings is 1. The SMILES string of the molecule is CCc1cc(C(=O)Nc2cccc(OC)c2)nc2cc(-c3ccccn3)nn12. The number of ether oxygens (including phenoxy) is 1. The fourth-order valence-corrected chi connectivity index (χ4v) is 2.94. The smallest absolute Gasteiger partial charge is 0.274 e. The lowest BCUT2D eigenvalue weighted by atomic mass is 10.2. The molecule has 0 aliphatic carbocycles. The summed E-state index contributed by atoms with van der Waals surface area (Å²) in [6.07, 6.45) is 2.43. The number of aromatic nitrogens is 4. The standard InChI is InChI=1S/C21H19N5O2/c1-3-15-12-19(21(27)23-14-7-6-8-16(11-14)28-2)24-20-13-18(25-26(15)20)17-9-4-5-10-22-17/h4-13H,3H2,1-2H3,(H,23,27). The first-order valence-corrected chi connectivity index (χ1v) is 8.94. The Morgan fingerprint density at radius 2 is 2.00 bits per heavy atom. The number of hydrogen-bond acceptors (Lipinski definition) is 5. The lowest BCUT2D eigenvalue weighted by Crippen LogP contribution is -2.15. The summed E-state index contributed by atoms with van der Waals surface area (Å²) in [7, 11) is 1.59. The average Bonchev–Trinajstić information content (AvgIpc) is 3.18. The van der Waals surface area contributed by atoms with Crippen molar-refractivity contribution in [3.63, 3.8) is 0 Å². The van der Waals surface area contributed by atoms with Crippen molar-refractivity contribution >= 4 is 17.2 Å². The number of rotatable bonds is 5. The molecule has 1 amide bonds. The van der Waals surface area contributed by atoms with E-state index in [1.54, 1.807) is 36.0 Å². The van der Waals surface area contributed by atoms with E-state index < -0.39 is 0 Å². The Kier molecular flexibility index (Phi) is 4.72. The number of nitrogens with one attached hydrogen (secondary N) is 1. The molecular weight excluding hydrogens is 354 g/mol. The molecule has 1 aromatic carbocycles. The summed E-state index contributed by atoms with van der Waals surface area (Å²) in [6.45, 7) is 2.01. The number of hydrogen-bond donors (Lipinski definition) is 1. The van der Waals surface area contributed by atoms with Crippen molar-refractivity contribution in [3.8, 4) is 17.1 Å². The highest BCUT2D eigenvalue weighted by Gasteiger charge is 2.15. The number of carbonyl (C=O) groups excluding carboxylic acids is 1. The highest BCUT2D eigenvalue weighted by molar-refractivity contribution is 6.03. The Labute approximate surface area is 162 Å². The van der Waals surface area contributed by atoms with Gasteiger partial charge in [-0.15, -0.1) is 0 Å². The predicted molar refractivity (Wildman–Crippen MR) is 107 cm³/mol. The molecule has 0 fully saturated rings. The maximum Gasteiger partial charge on any atom is 0.274 e. The van der Waals surface area contributed by atoms with E-state index in [9.17, 15) is 4.79 Å². The Hall–Kier alpha value is -3.74. The summed E-state index contributed by atoms with van der Waals surface area (Å²) in [5.41, 5.74) is 3.95. The molecule has 0 bridgehead atoms. The molecule has 0 atom stereocenters. The number of methoxy groups -OCH3 is 1. The quantitative estimate of drug-likeness (QED) is 0.578. The molecule has 0 spiro atoms. The minimum absolute atomic E-state index is 0.286. The van der Waals surface area contributed by atoms with E-state index in [-0.39, 0.29) is 5.91 Å². The monoisotopic (exact) mass is 373 g/mol. The van der Waals surface area contributed by atoms with Gasteiger partial charge in [0.15, 0.2) is 5.65 Å². The van der Waals surface area contributed by atoms with E-state index in [0.717, 1.165) is 11.4 Å². The highest BCUT2D eigenvalue weighted by Crippen LogP contribution is 2.20. The molecule has 3 heterocycles. The van der Waals surface area contributed by atoms with Crippen LogP contribution in [0.25, 0.3) is 17.0 Å². The summed E-state index contributed by atoms with van der Waals surface area (Å²) in [6, 6.07) is 16.5. The molecule has 7 heteroatoms. The van der Waals surface area contributed by atoms with Crippen LogP contribution in [0.1, 0.15) is 23.1 Å². The summed E-state index contributed by atoms with van der Waals surface area (Å²) >= 11 is 0. The molecular formula is C21H19N5O2. The van der Waals surface area contributed by atoms with Gasteiger partial charge in [-0.1, -0.05) is 19.1 Å². The minimum Gasteiger partial charge on any atom is -0.497 e. The number of nitrogens with zero attached hydrogens (tertiary/aromatic N) is 4. The van der Waals surface area contributed by atoms with Gasteiger partial charge in [-0.05, 0) is 36.8 Å². The fraction of sp³-hybridized carbons (Fsp3) is 0.143. The lowest BCUT2D eigenvalue weighted by Gasteiger charge is -2.08. The molecule has 0 radical (unpaired) electrons. The normalized spacial score (nSPS) is 10.8. The van der Waals surface area contributed by atoms with Crippen molar-refractivity contribution < 1.29 is 9.53 Å². The van der Waals surface area contributed by atoms with Gasteiger partial charge in [-0.25, -0.2) is 9.50 Å². The van der Waals surface area contributed by atoms with Crippen LogP contribution in [-0.4, -0.2) is 32.6 Å². The molecule has 0 aliphatic rings. The third-order valence-electron chi connectivity index (χ3n) is 4.35. The van der Waals surface area contributed by atoms with E-state index in [1.807, 2.05) is 43.3 Å². The van der Waals surface area contributed by atoms with E-state index in [1.165, 1.54) is 0 Å². The van der Waals surface area contributed by atoms with Gasteiger partial charge in [-0.2, -0.15) is 5.10 Å². The lowest BCUT2D eigenvalue weighted by molar-refractivity contribution is 0.102. The van der Waals surface area contributed by atoms with Crippen molar-refractivity contribution in [2.45, 2.75) is 13.3 Å². The predicted octanol–water partition coefficient (Wildman–Crippen LogP) is 3.61. The van der Waals surface area contributed by atoms with Crippen molar-refractivity contribution in [3.05, 3.63) is 72.2 Å². The van der Waals surface area contributed by atoms with Crippen LogP contribution in [0.4, 0.5) is 5.69 Å². The maximum absolute atomic E-state index is 12.7. The van der Waals surface area contributed by atoms with Gasteiger partial charge in [-0.3, -0.25) is 9.78 Å². The zero-order valence-electron chi connectivity index (χ0n) is 15.6. The maximum atomic E-state index is 12.7. The number of anilines is 1. The average molecular weight is 373 g/mol. The summed E-state index contributed by atoms with van der Waals surface area (Å²) in [4.78, 5) is 21.6. The molecule has 0 saturated heterocycles. The summed E-state index contributed by atoms with van der Waals surface area (Å²) < 4.78 is 6.95. The van der Waals surface area contributed by atoms with Gasteiger partial charge in [0.05, 0.1) is 12.8 Å². The second kappa shape index (κ2) is 7.48. The second-order valence-corrected chi connectivity index (χ2v) is 6.19. The van der Waals surface area contributed by atoms with Gasteiger partial charge in [0.25, 0.3) is 5.91 Å². The minimum atomic E-state index is -0.286. The third-order valence-corrected chi connectivity index (χ3v) is 4.35. The van der Waals surface area contributed by atoms with Gasteiger partial charge < -0.3 is 10.1 Å². The van der Waals surface area contributed by atoms with Crippen LogP contribution in [0, 0.1) is 0 Å². The number of aryl methyl sites for hydroxylation is 1. The first-order valence-electron chi connectivity index (χ1n) is 8.94. The van der Waals surface area contributed by atoms with E-state index >= 15 is 0 Å². The van der Waals surface area contributed by atoms with Gasteiger partial charge in [0, 0.05) is 29.7 Å². The zero-order chi connectivity index (χ0) is 19.5. The number of benzene rings is 1. The van der Waals surface area contributed by atoms with E-state index in [4.69, 9.17) is 4.74 Å². The first kappa shape index (κ1) is 17.7. The molecule has 3 aromatic heterocycles. The van der Waals surface area contributed by atoms with Crippen LogP contribution in [0.2, 0.25) is 0 Å². The summed E-state index contributed by atoms with van der Waals surface area (Å²) in [5.74, 6) is 0.386. The van der Waals surface area contributed by atoms with Crippen LogP contribution in [-0.2, 0) is 6.42 Å². The first-order chi connectivity index (χ1) is 13.7. The van der Waals surface area contributed by atoms with Gasteiger partial charge in [0.1, 0.15) is 17.1 Å².